The number of carbonyl (C=O) groups excluding carboxylic acids is 2. The van der Waals surface area contributed by atoms with E-state index in [9.17, 15) is 18.0 Å². The number of fused-ring (bicyclic) bond motifs is 2. The molecular weight excluding hydrogens is 589 g/mol. The first kappa shape index (κ1) is 30.0. The number of nitrogens with one attached hydrogen (secondary N) is 2. The fourth-order valence-corrected chi connectivity index (χ4v) is 7.99. The Bertz CT molecular complexity index is 1700. The van der Waals surface area contributed by atoms with Gasteiger partial charge in [0.25, 0.3) is 11.8 Å². The third kappa shape index (κ3) is 6.59. The summed E-state index contributed by atoms with van der Waals surface area (Å²) in [5.74, 6) is 0.157. The van der Waals surface area contributed by atoms with E-state index < -0.39 is 15.7 Å². The summed E-state index contributed by atoms with van der Waals surface area (Å²) in [6.45, 7) is 7.96. The molecule has 3 aromatic carbocycles. The van der Waals surface area contributed by atoms with Crippen molar-refractivity contribution in [3.63, 3.8) is 0 Å². The number of nitrogens with zero attached hydrogens (tertiary/aromatic N) is 2. The molecule has 2 amide bonds. The zero-order chi connectivity index (χ0) is 29.7. The molecule has 0 fully saturated rings. The number of amides is 2. The number of thiazole rings is 1. The normalized spacial score (nSPS) is 13.6. The van der Waals surface area contributed by atoms with Crippen molar-refractivity contribution in [2.24, 2.45) is 0 Å². The molecule has 2 N–H and O–H groups in total. The first-order chi connectivity index (χ1) is 20.3. The molecule has 0 atom stereocenters. The quantitative estimate of drug-likeness (QED) is 0.157. The van der Waals surface area contributed by atoms with Gasteiger partial charge in [-0.25, -0.2) is 13.4 Å². The van der Waals surface area contributed by atoms with Gasteiger partial charge in [-0.3, -0.25) is 9.59 Å². The van der Waals surface area contributed by atoms with E-state index >= 15 is 0 Å². The lowest BCUT2D eigenvalue weighted by Gasteiger charge is -2.17. The largest absolute Gasteiger partial charge is 0.347 e. The number of thioether (sulfide) groups is 1. The highest BCUT2D eigenvalue weighted by Crippen LogP contribution is 2.34. The first-order valence-corrected chi connectivity index (χ1v) is 17.1. The third-order valence-electron chi connectivity index (χ3n) is 7.06. The summed E-state index contributed by atoms with van der Waals surface area (Å²) in [6, 6.07) is 18.7. The van der Waals surface area contributed by atoms with Gasteiger partial charge in [0.2, 0.25) is 9.84 Å². The maximum absolute atomic E-state index is 13.2. The van der Waals surface area contributed by atoms with Crippen molar-refractivity contribution >= 4 is 50.4 Å². The van der Waals surface area contributed by atoms with Crippen molar-refractivity contribution < 1.29 is 18.0 Å². The SMILES string of the molecule is CCN(CC)CCCSc1ccc(-c2ncc(CNC(=O)c3ccc4c(c3)NC(=O)c3ccccc3S4(=O)=O)s2)cc1. The highest BCUT2D eigenvalue weighted by Gasteiger charge is 2.31. The van der Waals surface area contributed by atoms with Crippen LogP contribution in [0.15, 0.2) is 87.6 Å². The van der Waals surface area contributed by atoms with Gasteiger partial charge in [0.15, 0.2) is 0 Å². The van der Waals surface area contributed by atoms with Crippen LogP contribution in [0.4, 0.5) is 5.69 Å². The van der Waals surface area contributed by atoms with E-state index in [0.29, 0.717) is 0 Å². The minimum atomic E-state index is -3.93. The van der Waals surface area contributed by atoms with Gasteiger partial charge < -0.3 is 15.5 Å². The maximum atomic E-state index is 13.2. The van der Waals surface area contributed by atoms with E-state index in [1.54, 1.807) is 18.3 Å². The lowest BCUT2D eigenvalue weighted by atomic mass is 10.1. The molecule has 0 bridgehead atoms. The number of hydrogen-bond acceptors (Lipinski definition) is 8. The third-order valence-corrected chi connectivity index (χ3v) is 11.1. The summed E-state index contributed by atoms with van der Waals surface area (Å²) in [5, 5.41) is 6.38. The average molecular weight is 621 g/mol. The predicted molar refractivity (Wildman–Crippen MR) is 168 cm³/mol. The standard InChI is InChI=1S/C31H32N4O4S3/c1-3-35(4-2)16-7-17-40-23-13-10-21(11-14-23)31-33-20-24(41-31)19-32-29(36)22-12-15-28-26(18-22)34-30(37)25-8-5-6-9-27(25)42(28,38)39/h5-6,8-15,18,20H,3-4,7,16-17,19H2,1-2H3,(H,32,36)(H,34,37). The van der Waals surface area contributed by atoms with E-state index in [1.807, 2.05) is 11.8 Å². The number of aromatic nitrogens is 1. The Hall–Kier alpha value is -3.51. The predicted octanol–water partition coefficient (Wildman–Crippen LogP) is 5.96. The molecule has 218 valence electrons. The van der Waals surface area contributed by atoms with Crippen molar-refractivity contribution in [3.8, 4) is 10.6 Å². The fourth-order valence-electron chi connectivity index (χ4n) is 4.70. The van der Waals surface area contributed by atoms with Crippen LogP contribution in [0.1, 0.15) is 45.9 Å². The Kier molecular flexibility index (Phi) is 9.42. The molecular formula is C31H32N4O4S3. The molecule has 0 unspecified atom stereocenters. The van der Waals surface area contributed by atoms with Gasteiger partial charge >= 0.3 is 0 Å². The molecule has 1 aliphatic heterocycles. The Morgan fingerprint density at radius 1 is 1.02 bits per heavy atom. The minimum absolute atomic E-state index is 0.0477. The Labute approximate surface area is 254 Å². The summed E-state index contributed by atoms with van der Waals surface area (Å²) < 4.78 is 26.4. The summed E-state index contributed by atoms with van der Waals surface area (Å²) in [7, 11) is -3.93. The molecule has 2 heterocycles. The summed E-state index contributed by atoms with van der Waals surface area (Å²) in [4.78, 5) is 34.6. The molecule has 11 heteroatoms. The van der Waals surface area contributed by atoms with E-state index in [1.165, 1.54) is 46.6 Å². The molecule has 1 aromatic heterocycles. The molecule has 4 aromatic rings. The van der Waals surface area contributed by atoms with Crippen molar-refractivity contribution in [2.75, 3.05) is 30.7 Å². The molecule has 5 rings (SSSR count). The number of carbonyl (C=O) groups is 2. The van der Waals surface area contributed by atoms with E-state index in [-0.39, 0.29) is 39.1 Å². The topological polar surface area (TPSA) is 108 Å². The van der Waals surface area contributed by atoms with Crippen molar-refractivity contribution in [1.29, 1.82) is 0 Å². The van der Waals surface area contributed by atoms with Gasteiger partial charge in [0, 0.05) is 27.1 Å². The van der Waals surface area contributed by atoms with E-state index in [2.05, 4.69) is 58.6 Å². The number of anilines is 1. The average Bonchev–Trinajstić information content (AvgIpc) is 3.46. The zero-order valence-electron chi connectivity index (χ0n) is 23.4. The van der Waals surface area contributed by atoms with E-state index in [0.717, 1.165) is 47.3 Å². The second-order valence-electron chi connectivity index (χ2n) is 9.73. The number of hydrogen-bond donors (Lipinski definition) is 2. The van der Waals surface area contributed by atoms with Crippen LogP contribution in [0, 0.1) is 0 Å². The highest BCUT2D eigenvalue weighted by atomic mass is 32.2. The zero-order valence-corrected chi connectivity index (χ0v) is 25.9. The van der Waals surface area contributed by atoms with Gasteiger partial charge in [0.1, 0.15) is 5.01 Å². The second-order valence-corrected chi connectivity index (χ2v) is 13.9. The van der Waals surface area contributed by atoms with Gasteiger partial charge in [0.05, 0.1) is 27.6 Å². The van der Waals surface area contributed by atoms with Crippen LogP contribution in [0.25, 0.3) is 10.6 Å². The molecule has 0 radical (unpaired) electrons. The number of benzene rings is 3. The van der Waals surface area contributed by atoms with E-state index in [4.69, 9.17) is 0 Å². The number of sulfone groups is 1. The smallest absolute Gasteiger partial charge is 0.257 e. The van der Waals surface area contributed by atoms with Crippen molar-refractivity contribution in [2.45, 2.75) is 41.5 Å². The molecule has 42 heavy (non-hydrogen) atoms. The summed E-state index contributed by atoms with van der Waals surface area (Å²) >= 11 is 3.36. The minimum Gasteiger partial charge on any atom is -0.347 e. The van der Waals surface area contributed by atoms with Crippen LogP contribution in [0.2, 0.25) is 0 Å². The van der Waals surface area contributed by atoms with Crippen molar-refractivity contribution in [3.05, 3.63) is 88.9 Å². The Morgan fingerprint density at radius 2 is 1.79 bits per heavy atom. The number of rotatable bonds is 11. The van der Waals surface area contributed by atoms with Gasteiger partial charge in [-0.1, -0.05) is 38.1 Å². The van der Waals surface area contributed by atoms with Crippen LogP contribution in [0.3, 0.4) is 0 Å². The summed E-state index contributed by atoms with van der Waals surface area (Å²) in [6.07, 6.45) is 2.90. The molecule has 0 saturated heterocycles. The molecule has 1 aliphatic rings. The molecule has 0 saturated carbocycles. The van der Waals surface area contributed by atoms with Gasteiger partial charge in [-0.05, 0) is 74.3 Å². The first-order valence-electron chi connectivity index (χ1n) is 13.8. The lowest BCUT2D eigenvalue weighted by molar-refractivity contribution is 0.0949. The molecule has 0 aliphatic carbocycles. The van der Waals surface area contributed by atoms with Crippen LogP contribution in [0.5, 0.6) is 0 Å². The van der Waals surface area contributed by atoms with Crippen LogP contribution < -0.4 is 10.6 Å². The Balaban J connectivity index is 1.19. The van der Waals surface area contributed by atoms with Gasteiger partial charge in [-0.2, -0.15) is 0 Å². The Morgan fingerprint density at radius 3 is 2.55 bits per heavy atom. The highest BCUT2D eigenvalue weighted by molar-refractivity contribution is 7.99. The van der Waals surface area contributed by atoms with Crippen LogP contribution in [-0.4, -0.2) is 55.5 Å². The maximum Gasteiger partial charge on any atom is 0.257 e. The molecule has 8 nitrogen and oxygen atoms in total. The summed E-state index contributed by atoms with van der Waals surface area (Å²) in [5.41, 5.74) is 1.41. The van der Waals surface area contributed by atoms with Crippen LogP contribution in [-0.2, 0) is 16.4 Å². The van der Waals surface area contributed by atoms with Crippen LogP contribution >= 0.6 is 23.1 Å². The molecule has 0 spiro atoms. The fraction of sp³-hybridized carbons (Fsp3) is 0.258. The van der Waals surface area contributed by atoms with Gasteiger partial charge in [-0.15, -0.1) is 23.1 Å². The lowest BCUT2D eigenvalue weighted by Crippen LogP contribution is -2.24. The monoisotopic (exact) mass is 620 g/mol. The van der Waals surface area contributed by atoms with Crippen molar-refractivity contribution in [1.82, 2.24) is 15.2 Å². The second kappa shape index (κ2) is 13.2.